The summed E-state index contributed by atoms with van der Waals surface area (Å²) < 4.78 is 0. The number of nitrogens with zero attached hydrogens (tertiary/aromatic N) is 4. The van der Waals surface area contributed by atoms with Crippen molar-refractivity contribution < 1.29 is 0 Å². The number of rotatable bonds is 4. The highest BCUT2D eigenvalue weighted by Gasteiger charge is 2.28. The number of allylic oxidation sites excluding steroid dienone is 3. The Morgan fingerprint density at radius 2 is 1.61 bits per heavy atom. The van der Waals surface area contributed by atoms with Crippen molar-refractivity contribution >= 4 is 17.3 Å². The van der Waals surface area contributed by atoms with E-state index in [0.717, 1.165) is 50.1 Å². The number of hydrogen-bond donors (Lipinski definition) is 0. The Morgan fingerprint density at radius 1 is 0.893 bits per heavy atom. The zero-order chi connectivity index (χ0) is 19.3. The van der Waals surface area contributed by atoms with E-state index in [-0.39, 0.29) is 0 Å². The maximum atomic E-state index is 5.05. The van der Waals surface area contributed by atoms with Crippen LogP contribution in [0.15, 0.2) is 96.7 Å². The number of piperazine rings is 1. The molecule has 0 bridgehead atoms. The molecule has 0 unspecified atom stereocenters. The monoisotopic (exact) mass is 370 g/mol. The number of anilines is 1. The summed E-state index contributed by atoms with van der Waals surface area (Å²) in [7, 11) is 0. The van der Waals surface area contributed by atoms with E-state index < -0.39 is 0 Å². The smallest absolute Gasteiger partial charge is 0.206 e. The summed E-state index contributed by atoms with van der Waals surface area (Å²) in [5, 5.41) is 0. The van der Waals surface area contributed by atoms with Gasteiger partial charge in [0.05, 0.1) is 12.2 Å². The number of hydrogen-bond acceptors (Lipinski definition) is 4. The second kappa shape index (κ2) is 8.17. The number of aliphatic imine (C=N–C) groups is 1. The topological polar surface area (TPSA) is 22.1 Å². The van der Waals surface area contributed by atoms with Gasteiger partial charge in [0.2, 0.25) is 5.96 Å². The summed E-state index contributed by atoms with van der Waals surface area (Å²) >= 11 is 0. The minimum atomic E-state index is 0.841. The molecule has 0 N–H and O–H groups in total. The molecular weight excluding hydrogens is 344 g/mol. The van der Waals surface area contributed by atoms with Crippen LogP contribution in [0.5, 0.6) is 0 Å². The van der Waals surface area contributed by atoms with Gasteiger partial charge in [-0.3, -0.25) is 0 Å². The third kappa shape index (κ3) is 3.58. The highest BCUT2D eigenvalue weighted by Crippen LogP contribution is 2.30. The van der Waals surface area contributed by atoms with Crippen LogP contribution in [0.3, 0.4) is 0 Å². The Bertz CT molecular complexity index is 905. The number of para-hydroxylation sites is 2. The lowest BCUT2D eigenvalue weighted by Crippen LogP contribution is -2.53. The predicted molar refractivity (Wildman–Crippen MR) is 118 cm³/mol. The minimum Gasteiger partial charge on any atom is -0.368 e. The van der Waals surface area contributed by atoms with Gasteiger partial charge in [-0.25, -0.2) is 4.99 Å². The lowest BCUT2D eigenvalue weighted by Gasteiger charge is -2.42. The van der Waals surface area contributed by atoms with Crippen LogP contribution < -0.4 is 4.90 Å². The molecule has 0 atom stereocenters. The average molecular weight is 371 g/mol. The summed E-state index contributed by atoms with van der Waals surface area (Å²) in [6.45, 7) is 12.3. The lowest BCUT2D eigenvalue weighted by molar-refractivity contribution is 0.224. The molecule has 4 rings (SSSR count). The van der Waals surface area contributed by atoms with Crippen molar-refractivity contribution in [3.8, 4) is 0 Å². The first-order valence-corrected chi connectivity index (χ1v) is 9.74. The summed E-state index contributed by atoms with van der Waals surface area (Å²) in [5.74, 6) is 1.04. The van der Waals surface area contributed by atoms with Crippen molar-refractivity contribution in [1.82, 2.24) is 9.80 Å². The standard InChI is InChI=1S/C24H26N4/c1-3-10-21(4-2)26-15-17-27(18-16-26)24-25-23-14-9-8-11-20(23)19-28(24)22-12-6-5-7-13-22/h3-14H,1-2,15-19H2/b21-10+. The van der Waals surface area contributed by atoms with Gasteiger partial charge in [-0.1, -0.05) is 55.6 Å². The van der Waals surface area contributed by atoms with E-state index in [0.29, 0.717) is 0 Å². The first kappa shape index (κ1) is 18.1. The van der Waals surface area contributed by atoms with E-state index in [1.165, 1.54) is 11.3 Å². The molecule has 2 aliphatic rings. The molecule has 0 spiro atoms. The maximum Gasteiger partial charge on any atom is 0.206 e. The van der Waals surface area contributed by atoms with E-state index >= 15 is 0 Å². The molecule has 0 aliphatic carbocycles. The second-order valence-electron chi connectivity index (χ2n) is 6.97. The van der Waals surface area contributed by atoms with Gasteiger partial charge >= 0.3 is 0 Å². The van der Waals surface area contributed by atoms with Crippen LogP contribution in [-0.2, 0) is 6.54 Å². The van der Waals surface area contributed by atoms with Gasteiger partial charge in [-0.15, -0.1) is 0 Å². The third-order valence-electron chi connectivity index (χ3n) is 5.28. The van der Waals surface area contributed by atoms with Crippen molar-refractivity contribution in [2.45, 2.75) is 6.54 Å². The van der Waals surface area contributed by atoms with Crippen LogP contribution in [0, 0.1) is 0 Å². The zero-order valence-corrected chi connectivity index (χ0v) is 16.2. The fraction of sp³-hybridized carbons (Fsp3) is 0.208. The van der Waals surface area contributed by atoms with Crippen molar-refractivity contribution in [3.05, 3.63) is 97.2 Å². The van der Waals surface area contributed by atoms with Crippen molar-refractivity contribution in [2.75, 3.05) is 31.1 Å². The normalized spacial score (nSPS) is 17.1. The quantitative estimate of drug-likeness (QED) is 0.736. The van der Waals surface area contributed by atoms with Gasteiger partial charge in [0.25, 0.3) is 0 Å². The summed E-state index contributed by atoms with van der Waals surface area (Å²) in [4.78, 5) is 12.1. The van der Waals surface area contributed by atoms with Crippen LogP contribution >= 0.6 is 0 Å². The highest BCUT2D eigenvalue weighted by atomic mass is 15.4. The SMILES string of the molecule is C=C/C=C(\C=C)N1CCN(C2=Nc3ccccc3CN2c2ccccc2)CC1. The fourth-order valence-corrected chi connectivity index (χ4v) is 3.81. The molecule has 2 aromatic carbocycles. The van der Waals surface area contributed by atoms with Gasteiger partial charge in [-0.05, 0) is 35.9 Å². The number of guanidine groups is 1. The molecule has 0 amide bonds. The average Bonchev–Trinajstić information content (AvgIpc) is 2.77. The molecule has 28 heavy (non-hydrogen) atoms. The Hall–Kier alpha value is -3.27. The molecule has 2 aliphatic heterocycles. The number of fused-ring (bicyclic) bond motifs is 1. The molecule has 142 valence electrons. The van der Waals surface area contributed by atoms with Gasteiger partial charge in [0.15, 0.2) is 0 Å². The molecule has 2 aromatic rings. The highest BCUT2D eigenvalue weighted by molar-refractivity contribution is 5.99. The molecule has 0 aromatic heterocycles. The molecular formula is C24H26N4. The Morgan fingerprint density at radius 3 is 2.32 bits per heavy atom. The van der Waals surface area contributed by atoms with Crippen molar-refractivity contribution in [3.63, 3.8) is 0 Å². The fourth-order valence-electron chi connectivity index (χ4n) is 3.81. The molecule has 0 saturated carbocycles. The van der Waals surface area contributed by atoms with E-state index in [1.54, 1.807) is 0 Å². The van der Waals surface area contributed by atoms with Gasteiger partial charge in [-0.2, -0.15) is 0 Å². The summed E-state index contributed by atoms with van der Waals surface area (Å²) in [6, 6.07) is 19.0. The molecule has 0 radical (unpaired) electrons. The lowest BCUT2D eigenvalue weighted by atomic mass is 10.1. The Balaban J connectivity index is 1.61. The molecule has 4 heteroatoms. The third-order valence-corrected chi connectivity index (χ3v) is 5.28. The van der Waals surface area contributed by atoms with Gasteiger partial charge in [0.1, 0.15) is 0 Å². The van der Waals surface area contributed by atoms with Crippen molar-refractivity contribution in [2.24, 2.45) is 4.99 Å². The molecule has 4 nitrogen and oxygen atoms in total. The number of benzene rings is 2. The van der Waals surface area contributed by atoms with Crippen LogP contribution in [0.4, 0.5) is 11.4 Å². The Kier molecular flexibility index (Phi) is 5.29. The van der Waals surface area contributed by atoms with Crippen LogP contribution in [0.1, 0.15) is 5.56 Å². The molecule has 1 fully saturated rings. The maximum absolute atomic E-state index is 5.05. The summed E-state index contributed by atoms with van der Waals surface area (Å²) in [5.41, 5.74) is 4.64. The largest absolute Gasteiger partial charge is 0.368 e. The van der Waals surface area contributed by atoms with Crippen LogP contribution in [-0.4, -0.2) is 41.9 Å². The Labute approximate surface area is 167 Å². The van der Waals surface area contributed by atoms with E-state index in [4.69, 9.17) is 4.99 Å². The van der Waals surface area contributed by atoms with E-state index in [9.17, 15) is 0 Å². The van der Waals surface area contributed by atoms with Crippen LogP contribution in [0.2, 0.25) is 0 Å². The van der Waals surface area contributed by atoms with E-state index in [1.807, 2.05) is 18.2 Å². The van der Waals surface area contributed by atoms with Gasteiger partial charge < -0.3 is 14.7 Å². The summed E-state index contributed by atoms with van der Waals surface area (Å²) in [6.07, 6.45) is 5.75. The van der Waals surface area contributed by atoms with Crippen LogP contribution in [0.25, 0.3) is 0 Å². The zero-order valence-electron chi connectivity index (χ0n) is 16.2. The first-order chi connectivity index (χ1) is 13.8. The first-order valence-electron chi connectivity index (χ1n) is 9.74. The second-order valence-corrected chi connectivity index (χ2v) is 6.97. The molecule has 1 saturated heterocycles. The van der Waals surface area contributed by atoms with Crippen molar-refractivity contribution in [1.29, 1.82) is 0 Å². The van der Waals surface area contributed by atoms with Gasteiger partial charge in [0, 0.05) is 37.6 Å². The predicted octanol–water partition coefficient (Wildman–Crippen LogP) is 4.57. The van der Waals surface area contributed by atoms with E-state index in [2.05, 4.69) is 82.5 Å². The molecule has 2 heterocycles. The minimum absolute atomic E-state index is 0.841.